The Morgan fingerprint density at radius 3 is 3.00 bits per heavy atom. The number of alkyl halides is 1. The number of carbonyl (C=O) groups is 1. The predicted molar refractivity (Wildman–Crippen MR) is 80.7 cm³/mol. The van der Waals surface area contributed by atoms with Gasteiger partial charge in [0.25, 0.3) is 0 Å². The molecular formula is C14H15BrN4O. The Kier molecular flexibility index (Phi) is 3.56. The Bertz CT molecular complexity index is 625. The summed E-state index contributed by atoms with van der Waals surface area (Å²) in [5, 5.41) is 5.33. The van der Waals surface area contributed by atoms with Gasteiger partial charge < -0.3 is 0 Å². The molecule has 1 fully saturated rings. The molecule has 1 saturated heterocycles. The van der Waals surface area contributed by atoms with Crippen molar-refractivity contribution in [2.75, 3.05) is 16.8 Å². The first kappa shape index (κ1) is 13.3. The van der Waals surface area contributed by atoms with Crippen molar-refractivity contribution in [1.29, 1.82) is 0 Å². The van der Waals surface area contributed by atoms with E-state index in [4.69, 9.17) is 0 Å². The maximum absolute atomic E-state index is 12.1. The zero-order valence-electron chi connectivity index (χ0n) is 11.2. The van der Waals surface area contributed by atoms with Crippen molar-refractivity contribution >= 4 is 27.7 Å². The van der Waals surface area contributed by atoms with E-state index in [9.17, 15) is 4.79 Å². The van der Waals surface area contributed by atoms with Gasteiger partial charge in [-0.2, -0.15) is 5.10 Å². The highest BCUT2D eigenvalue weighted by atomic mass is 79.9. The Morgan fingerprint density at radius 1 is 1.50 bits per heavy atom. The van der Waals surface area contributed by atoms with Gasteiger partial charge in [-0.1, -0.05) is 15.9 Å². The molecule has 6 heteroatoms. The van der Waals surface area contributed by atoms with E-state index in [1.165, 1.54) is 0 Å². The summed E-state index contributed by atoms with van der Waals surface area (Å²) in [4.78, 5) is 18.0. The number of anilines is 1. The lowest BCUT2D eigenvalue weighted by molar-refractivity contribution is -0.117. The van der Waals surface area contributed by atoms with Crippen LogP contribution in [0.15, 0.2) is 30.6 Å². The molecule has 1 unspecified atom stereocenters. The summed E-state index contributed by atoms with van der Waals surface area (Å²) in [5.74, 6) is 1.38. The highest BCUT2D eigenvalue weighted by Gasteiger charge is 2.31. The van der Waals surface area contributed by atoms with Crippen molar-refractivity contribution in [2.24, 2.45) is 13.0 Å². The van der Waals surface area contributed by atoms with Crippen molar-refractivity contribution in [3.05, 3.63) is 30.6 Å². The molecule has 0 aromatic carbocycles. The first-order valence-corrected chi connectivity index (χ1v) is 7.62. The summed E-state index contributed by atoms with van der Waals surface area (Å²) in [6.07, 6.45) is 4.11. The van der Waals surface area contributed by atoms with Crippen LogP contribution in [0.1, 0.15) is 6.42 Å². The van der Waals surface area contributed by atoms with Crippen LogP contribution in [0, 0.1) is 5.92 Å². The summed E-state index contributed by atoms with van der Waals surface area (Å²) >= 11 is 3.45. The number of nitrogens with zero attached hydrogens (tertiary/aromatic N) is 4. The van der Waals surface area contributed by atoms with Crippen LogP contribution in [0.4, 0.5) is 5.82 Å². The van der Waals surface area contributed by atoms with Crippen LogP contribution in [0.25, 0.3) is 11.3 Å². The molecule has 0 aliphatic carbocycles. The molecule has 0 bridgehead atoms. The molecule has 2 aromatic rings. The van der Waals surface area contributed by atoms with Gasteiger partial charge in [0, 0.05) is 49.4 Å². The molecule has 3 heterocycles. The average molecular weight is 335 g/mol. The molecule has 1 atom stereocenters. The molecule has 0 radical (unpaired) electrons. The third kappa shape index (κ3) is 2.35. The van der Waals surface area contributed by atoms with Crippen LogP contribution in [0.5, 0.6) is 0 Å². The first-order valence-electron chi connectivity index (χ1n) is 6.50. The van der Waals surface area contributed by atoms with Crippen LogP contribution in [0.3, 0.4) is 0 Å². The third-order valence-electron chi connectivity index (χ3n) is 3.51. The quantitative estimate of drug-likeness (QED) is 0.809. The second-order valence-corrected chi connectivity index (χ2v) is 5.63. The Labute approximate surface area is 125 Å². The van der Waals surface area contributed by atoms with Gasteiger partial charge in [0.2, 0.25) is 5.91 Å². The molecule has 1 amide bonds. The zero-order chi connectivity index (χ0) is 14.1. The summed E-state index contributed by atoms with van der Waals surface area (Å²) in [7, 11) is 1.87. The molecule has 2 aromatic heterocycles. The van der Waals surface area contributed by atoms with Gasteiger partial charge in [0.1, 0.15) is 5.82 Å². The molecule has 104 valence electrons. The molecule has 0 saturated carbocycles. The van der Waals surface area contributed by atoms with Crippen molar-refractivity contribution < 1.29 is 4.79 Å². The number of pyridine rings is 1. The van der Waals surface area contributed by atoms with Gasteiger partial charge in [0.15, 0.2) is 0 Å². The number of rotatable bonds is 3. The number of amides is 1. The largest absolute Gasteiger partial charge is 0.297 e. The number of aryl methyl sites for hydroxylation is 1. The van der Waals surface area contributed by atoms with Gasteiger partial charge >= 0.3 is 0 Å². The van der Waals surface area contributed by atoms with E-state index in [1.54, 1.807) is 17.1 Å². The molecule has 1 aliphatic heterocycles. The van der Waals surface area contributed by atoms with E-state index in [0.29, 0.717) is 12.3 Å². The van der Waals surface area contributed by atoms with Crippen molar-refractivity contribution in [1.82, 2.24) is 14.8 Å². The van der Waals surface area contributed by atoms with Crippen LogP contribution in [0.2, 0.25) is 0 Å². The lowest BCUT2D eigenvalue weighted by atomic mass is 10.2. The highest BCUT2D eigenvalue weighted by Crippen LogP contribution is 2.29. The third-order valence-corrected chi connectivity index (χ3v) is 4.43. The molecule has 5 nitrogen and oxygen atoms in total. The van der Waals surface area contributed by atoms with Gasteiger partial charge in [-0.25, -0.2) is 0 Å². The van der Waals surface area contributed by atoms with Gasteiger partial charge in [0.05, 0.1) is 5.69 Å². The fourth-order valence-electron chi connectivity index (χ4n) is 2.47. The summed E-state index contributed by atoms with van der Waals surface area (Å²) in [5.41, 5.74) is 1.80. The summed E-state index contributed by atoms with van der Waals surface area (Å²) in [6, 6.07) is 5.79. The zero-order valence-corrected chi connectivity index (χ0v) is 12.7. The predicted octanol–water partition coefficient (Wildman–Crippen LogP) is 2.23. The second kappa shape index (κ2) is 5.36. The normalized spacial score (nSPS) is 18.8. The van der Waals surface area contributed by atoms with Crippen molar-refractivity contribution in [3.63, 3.8) is 0 Å². The molecule has 1 aliphatic rings. The Morgan fingerprint density at radius 2 is 2.35 bits per heavy atom. The average Bonchev–Trinajstić information content (AvgIpc) is 3.02. The second-order valence-electron chi connectivity index (χ2n) is 4.98. The number of halogens is 1. The Balaban J connectivity index is 1.92. The fraction of sp³-hybridized carbons (Fsp3) is 0.357. The minimum atomic E-state index is 0.162. The topological polar surface area (TPSA) is 51.0 Å². The Hall–Kier alpha value is -1.69. The van der Waals surface area contributed by atoms with E-state index in [-0.39, 0.29) is 5.91 Å². The van der Waals surface area contributed by atoms with Crippen molar-refractivity contribution in [2.45, 2.75) is 6.42 Å². The van der Waals surface area contributed by atoms with E-state index in [1.807, 2.05) is 30.1 Å². The minimum Gasteiger partial charge on any atom is -0.297 e. The lowest BCUT2D eigenvalue weighted by Gasteiger charge is -2.15. The van der Waals surface area contributed by atoms with Crippen molar-refractivity contribution in [3.8, 4) is 11.3 Å². The van der Waals surface area contributed by atoms with Crippen LogP contribution in [-0.4, -0.2) is 32.5 Å². The van der Waals surface area contributed by atoms with E-state index < -0.39 is 0 Å². The van der Waals surface area contributed by atoms with E-state index in [0.717, 1.165) is 29.0 Å². The highest BCUT2D eigenvalue weighted by molar-refractivity contribution is 9.09. The number of carbonyl (C=O) groups excluding carboxylic acids is 1. The monoisotopic (exact) mass is 334 g/mol. The van der Waals surface area contributed by atoms with Crippen LogP contribution in [-0.2, 0) is 11.8 Å². The van der Waals surface area contributed by atoms with E-state index in [2.05, 4.69) is 26.0 Å². The first-order chi connectivity index (χ1) is 9.69. The maximum Gasteiger partial charge on any atom is 0.228 e. The molecular weight excluding hydrogens is 320 g/mol. The summed E-state index contributed by atoms with van der Waals surface area (Å²) < 4.78 is 1.76. The van der Waals surface area contributed by atoms with Gasteiger partial charge in [-0.15, -0.1) is 0 Å². The lowest BCUT2D eigenvalue weighted by Crippen LogP contribution is -2.26. The number of hydrogen-bond acceptors (Lipinski definition) is 3. The summed E-state index contributed by atoms with van der Waals surface area (Å²) in [6.45, 7) is 0.746. The maximum atomic E-state index is 12.1. The molecule has 0 N–H and O–H groups in total. The molecule has 20 heavy (non-hydrogen) atoms. The minimum absolute atomic E-state index is 0.162. The molecule has 0 spiro atoms. The van der Waals surface area contributed by atoms with Gasteiger partial charge in [-0.05, 0) is 18.1 Å². The van der Waals surface area contributed by atoms with Gasteiger partial charge in [-0.3, -0.25) is 19.4 Å². The van der Waals surface area contributed by atoms with E-state index >= 15 is 0 Å². The SMILES string of the molecule is Cn1nc(-c2cccnc2)cc1N1CC(CBr)CC1=O. The smallest absolute Gasteiger partial charge is 0.228 e. The number of hydrogen-bond donors (Lipinski definition) is 0. The number of aromatic nitrogens is 3. The van der Waals surface area contributed by atoms with Crippen LogP contribution < -0.4 is 4.90 Å². The standard InChI is InChI=1S/C14H15BrN4O/c1-18-13(19-9-10(7-15)5-14(19)20)6-12(17-18)11-3-2-4-16-8-11/h2-4,6,8,10H,5,7,9H2,1H3. The fourth-order valence-corrected chi connectivity index (χ4v) is 2.91. The van der Waals surface area contributed by atoms with Crippen LogP contribution >= 0.6 is 15.9 Å². The molecule has 3 rings (SSSR count).